The molecule has 1 heteroatoms. The number of fused-ring (bicyclic) bond motifs is 3. The van der Waals surface area contributed by atoms with Crippen molar-refractivity contribution in [2.24, 2.45) is 47.3 Å². The molecular formula is C12H16O. The molecular weight excluding hydrogens is 160 g/mol. The minimum atomic E-state index is 0.135. The van der Waals surface area contributed by atoms with Gasteiger partial charge in [0, 0.05) is 0 Å². The molecule has 0 unspecified atom stereocenters. The van der Waals surface area contributed by atoms with E-state index < -0.39 is 0 Å². The van der Waals surface area contributed by atoms with Crippen LogP contribution >= 0.6 is 0 Å². The first-order chi connectivity index (χ1) is 6.38. The fourth-order valence-electron chi connectivity index (χ4n) is 6.79. The molecule has 9 atom stereocenters. The second-order valence-electron chi connectivity index (χ2n) is 6.27. The highest BCUT2D eigenvalue weighted by atomic mass is 16.3. The summed E-state index contributed by atoms with van der Waals surface area (Å²) in [5.41, 5.74) is 0. The van der Waals surface area contributed by atoms with Crippen molar-refractivity contribution in [3.05, 3.63) is 0 Å². The topological polar surface area (TPSA) is 20.2 Å². The molecule has 0 aromatic heterocycles. The SMILES string of the molecule is O[C@@H]1[C@H]2C[C@@H]3[C@H]4[C@@H]5CC[C@@H]([C@@H]24)[C@@H]5[C@@H]13. The summed E-state index contributed by atoms with van der Waals surface area (Å²) in [6.45, 7) is 0. The van der Waals surface area contributed by atoms with Gasteiger partial charge in [-0.1, -0.05) is 0 Å². The molecule has 13 heavy (non-hydrogen) atoms. The van der Waals surface area contributed by atoms with Crippen LogP contribution in [0.1, 0.15) is 19.3 Å². The number of aliphatic hydroxyl groups is 1. The molecule has 0 saturated heterocycles. The van der Waals surface area contributed by atoms with Crippen molar-refractivity contribution in [1.82, 2.24) is 0 Å². The molecule has 5 aliphatic carbocycles. The summed E-state index contributed by atoms with van der Waals surface area (Å²) >= 11 is 0. The van der Waals surface area contributed by atoms with E-state index in [2.05, 4.69) is 0 Å². The molecule has 0 aromatic carbocycles. The van der Waals surface area contributed by atoms with Gasteiger partial charge in [0.15, 0.2) is 0 Å². The summed E-state index contributed by atoms with van der Waals surface area (Å²) in [6.07, 6.45) is 4.58. The molecule has 1 nitrogen and oxygen atoms in total. The van der Waals surface area contributed by atoms with Gasteiger partial charge in [-0.05, 0) is 66.6 Å². The lowest BCUT2D eigenvalue weighted by Gasteiger charge is -2.44. The maximum Gasteiger partial charge on any atom is 0.0605 e. The van der Waals surface area contributed by atoms with Crippen LogP contribution in [-0.2, 0) is 0 Å². The van der Waals surface area contributed by atoms with Gasteiger partial charge in [0.25, 0.3) is 0 Å². The number of aliphatic hydroxyl groups excluding tert-OH is 1. The molecule has 0 spiro atoms. The molecule has 0 radical (unpaired) electrons. The Labute approximate surface area is 78.5 Å². The summed E-state index contributed by atoms with van der Waals surface area (Å²) in [5.74, 6) is 7.75. The molecule has 5 rings (SSSR count). The van der Waals surface area contributed by atoms with Crippen LogP contribution in [0.5, 0.6) is 0 Å². The molecule has 5 aliphatic rings. The zero-order valence-electron chi connectivity index (χ0n) is 7.76. The largest absolute Gasteiger partial charge is 0.393 e. The van der Waals surface area contributed by atoms with Crippen LogP contribution in [0, 0.1) is 47.3 Å². The third kappa shape index (κ3) is 0.423. The maximum absolute atomic E-state index is 10.2. The Kier molecular flexibility index (Phi) is 0.793. The molecule has 0 aliphatic heterocycles. The molecule has 0 aromatic rings. The van der Waals surface area contributed by atoms with Crippen molar-refractivity contribution in [2.45, 2.75) is 25.4 Å². The normalized spacial score (nSPS) is 80.5. The highest BCUT2D eigenvalue weighted by molar-refractivity contribution is 5.25. The second kappa shape index (κ2) is 1.60. The van der Waals surface area contributed by atoms with E-state index in [0.29, 0.717) is 0 Å². The molecule has 0 amide bonds. The van der Waals surface area contributed by atoms with Crippen molar-refractivity contribution in [2.75, 3.05) is 0 Å². The van der Waals surface area contributed by atoms with Crippen molar-refractivity contribution in [3.8, 4) is 0 Å². The molecule has 70 valence electrons. The Morgan fingerprint density at radius 1 is 0.692 bits per heavy atom. The molecule has 6 bridgehead atoms. The zero-order chi connectivity index (χ0) is 8.32. The fourth-order valence-corrected chi connectivity index (χ4v) is 6.79. The van der Waals surface area contributed by atoms with E-state index in [1.54, 1.807) is 0 Å². The third-order valence-electron chi connectivity index (χ3n) is 6.56. The molecule has 5 fully saturated rings. The number of hydrogen-bond acceptors (Lipinski definition) is 1. The van der Waals surface area contributed by atoms with Gasteiger partial charge in [-0.3, -0.25) is 0 Å². The zero-order valence-corrected chi connectivity index (χ0v) is 7.76. The van der Waals surface area contributed by atoms with E-state index in [4.69, 9.17) is 0 Å². The minimum absolute atomic E-state index is 0.135. The van der Waals surface area contributed by atoms with Crippen LogP contribution in [0.3, 0.4) is 0 Å². The van der Waals surface area contributed by atoms with Crippen LogP contribution in [0.25, 0.3) is 0 Å². The molecule has 1 N–H and O–H groups in total. The Balaban J connectivity index is 1.80. The Morgan fingerprint density at radius 2 is 1.31 bits per heavy atom. The second-order valence-corrected chi connectivity index (χ2v) is 6.27. The van der Waals surface area contributed by atoms with E-state index in [1.807, 2.05) is 0 Å². The summed E-state index contributed by atoms with van der Waals surface area (Å²) in [7, 11) is 0. The van der Waals surface area contributed by atoms with Gasteiger partial charge in [0.1, 0.15) is 0 Å². The lowest BCUT2D eigenvalue weighted by Crippen LogP contribution is -2.45. The quantitative estimate of drug-likeness (QED) is 0.593. The highest BCUT2D eigenvalue weighted by Gasteiger charge is 2.77. The minimum Gasteiger partial charge on any atom is -0.393 e. The van der Waals surface area contributed by atoms with E-state index >= 15 is 0 Å². The highest BCUT2D eigenvalue weighted by Crippen LogP contribution is 2.80. The van der Waals surface area contributed by atoms with Crippen molar-refractivity contribution in [3.63, 3.8) is 0 Å². The van der Waals surface area contributed by atoms with Gasteiger partial charge >= 0.3 is 0 Å². The summed E-state index contributed by atoms with van der Waals surface area (Å²) < 4.78 is 0. The van der Waals surface area contributed by atoms with Crippen LogP contribution in [0.4, 0.5) is 0 Å². The summed E-state index contributed by atoms with van der Waals surface area (Å²) in [6, 6.07) is 0. The summed E-state index contributed by atoms with van der Waals surface area (Å²) in [5, 5.41) is 10.2. The van der Waals surface area contributed by atoms with Crippen molar-refractivity contribution in [1.29, 1.82) is 0 Å². The van der Waals surface area contributed by atoms with Gasteiger partial charge in [0.2, 0.25) is 0 Å². The van der Waals surface area contributed by atoms with E-state index in [0.717, 1.165) is 47.3 Å². The van der Waals surface area contributed by atoms with E-state index in [1.165, 1.54) is 19.3 Å². The fraction of sp³-hybridized carbons (Fsp3) is 1.00. The lowest BCUT2D eigenvalue weighted by molar-refractivity contribution is -0.0519. The van der Waals surface area contributed by atoms with Crippen LogP contribution in [0.2, 0.25) is 0 Å². The predicted molar refractivity (Wildman–Crippen MR) is 47.8 cm³/mol. The van der Waals surface area contributed by atoms with Gasteiger partial charge in [-0.2, -0.15) is 0 Å². The third-order valence-corrected chi connectivity index (χ3v) is 6.56. The monoisotopic (exact) mass is 176 g/mol. The van der Waals surface area contributed by atoms with Gasteiger partial charge in [-0.25, -0.2) is 0 Å². The summed E-state index contributed by atoms with van der Waals surface area (Å²) in [4.78, 5) is 0. The van der Waals surface area contributed by atoms with Crippen LogP contribution in [0.15, 0.2) is 0 Å². The average molecular weight is 176 g/mol. The molecule has 5 saturated carbocycles. The van der Waals surface area contributed by atoms with Crippen molar-refractivity contribution < 1.29 is 5.11 Å². The van der Waals surface area contributed by atoms with Gasteiger partial charge < -0.3 is 5.11 Å². The first-order valence-corrected chi connectivity index (χ1v) is 6.06. The van der Waals surface area contributed by atoms with Gasteiger partial charge in [0.05, 0.1) is 6.10 Å². The van der Waals surface area contributed by atoms with E-state index in [9.17, 15) is 5.11 Å². The Hall–Kier alpha value is -0.0400. The smallest absolute Gasteiger partial charge is 0.0605 e. The predicted octanol–water partition coefficient (Wildman–Crippen LogP) is 1.52. The maximum atomic E-state index is 10.2. The molecule has 0 heterocycles. The number of rotatable bonds is 0. The van der Waals surface area contributed by atoms with E-state index in [-0.39, 0.29) is 6.10 Å². The van der Waals surface area contributed by atoms with Gasteiger partial charge in [-0.15, -0.1) is 0 Å². The standard InChI is InChI=1S/C12H16O/c13-12-7-3-6-9-4-1-2-5(10(7)9)8(4)11(6)12/h4-13H,1-3H2/t4-,5-,6-,7+,8-,9-,10+,11+,12-/m1/s1. The lowest BCUT2D eigenvalue weighted by atomic mass is 9.62. The first-order valence-electron chi connectivity index (χ1n) is 6.06. The van der Waals surface area contributed by atoms with Crippen molar-refractivity contribution >= 4 is 0 Å². The van der Waals surface area contributed by atoms with Crippen LogP contribution in [-0.4, -0.2) is 11.2 Å². The van der Waals surface area contributed by atoms with Crippen LogP contribution < -0.4 is 0 Å². The first kappa shape index (κ1) is 6.44. The average Bonchev–Trinajstić information content (AvgIpc) is 2.77. The Morgan fingerprint density at radius 3 is 2.08 bits per heavy atom. The number of hydrogen-bond donors (Lipinski definition) is 1. The Bertz CT molecular complexity index is 278.